The quantitative estimate of drug-likeness (QED) is 0.615. The average molecular weight is 264 g/mol. The van der Waals surface area contributed by atoms with Crippen LogP contribution in [0.15, 0.2) is 58.5 Å². The van der Waals surface area contributed by atoms with Crippen molar-refractivity contribution in [1.82, 2.24) is 0 Å². The Morgan fingerprint density at radius 1 is 0.750 bits per heavy atom. The minimum Gasteiger partial charge on any atom is -0.211 e. The van der Waals surface area contributed by atoms with Crippen LogP contribution in [0.5, 0.6) is 0 Å². The topological polar surface area (TPSA) is 58.9 Å². The highest BCUT2D eigenvalue weighted by atomic mass is 16.1. The Morgan fingerprint density at radius 3 is 2.05 bits per heavy atom. The molecule has 0 heterocycles. The van der Waals surface area contributed by atoms with Gasteiger partial charge in [0.05, 0.1) is 13.1 Å². The Bertz CT molecular complexity index is 683. The van der Waals surface area contributed by atoms with Crippen molar-refractivity contribution in [2.24, 2.45) is 9.98 Å². The molecule has 0 radical (unpaired) electrons. The summed E-state index contributed by atoms with van der Waals surface area (Å²) in [5, 5.41) is 0. The maximum Gasteiger partial charge on any atom is 0.235 e. The van der Waals surface area contributed by atoms with Gasteiger partial charge in [0.15, 0.2) is 0 Å². The van der Waals surface area contributed by atoms with Gasteiger partial charge in [-0.25, -0.2) is 19.6 Å². The maximum atomic E-state index is 10.3. The van der Waals surface area contributed by atoms with E-state index in [1.165, 1.54) is 12.2 Å². The van der Waals surface area contributed by atoms with Crippen LogP contribution in [-0.4, -0.2) is 12.2 Å². The Labute approximate surface area is 116 Å². The van der Waals surface area contributed by atoms with Gasteiger partial charge in [-0.2, -0.15) is 0 Å². The Kier molecular flexibility index (Phi) is 4.74. The molecule has 0 unspecified atom stereocenters. The summed E-state index contributed by atoms with van der Waals surface area (Å²) in [5.41, 5.74) is 3.82. The van der Waals surface area contributed by atoms with Gasteiger partial charge >= 0.3 is 0 Å². The zero-order valence-electron chi connectivity index (χ0n) is 10.7. The molecule has 0 aliphatic heterocycles. The summed E-state index contributed by atoms with van der Waals surface area (Å²) in [6.45, 7) is 0.468. The SMILES string of the molecule is O=C=NCc1ccc(-c2ccccc2)cc1CN=C=O. The second-order valence-electron chi connectivity index (χ2n) is 4.16. The van der Waals surface area contributed by atoms with Crippen LogP contribution in [0.3, 0.4) is 0 Å². The second-order valence-corrected chi connectivity index (χ2v) is 4.16. The molecule has 0 N–H and O–H groups in total. The fourth-order valence-corrected chi connectivity index (χ4v) is 1.97. The zero-order chi connectivity index (χ0) is 14.2. The summed E-state index contributed by atoms with van der Waals surface area (Å²) in [5.74, 6) is 0. The number of rotatable bonds is 5. The molecule has 0 fully saturated rings. The van der Waals surface area contributed by atoms with Crippen molar-refractivity contribution in [2.45, 2.75) is 13.1 Å². The largest absolute Gasteiger partial charge is 0.235 e. The molecule has 0 amide bonds. The van der Waals surface area contributed by atoms with Gasteiger partial charge in [0.2, 0.25) is 12.2 Å². The van der Waals surface area contributed by atoms with E-state index in [-0.39, 0.29) is 13.1 Å². The molecule has 0 aromatic heterocycles. The summed E-state index contributed by atoms with van der Waals surface area (Å²) in [4.78, 5) is 27.7. The molecule has 0 atom stereocenters. The highest BCUT2D eigenvalue weighted by Gasteiger charge is 2.05. The van der Waals surface area contributed by atoms with Crippen LogP contribution < -0.4 is 0 Å². The van der Waals surface area contributed by atoms with E-state index in [4.69, 9.17) is 0 Å². The van der Waals surface area contributed by atoms with Crippen molar-refractivity contribution >= 4 is 12.2 Å². The second kappa shape index (κ2) is 6.95. The summed E-state index contributed by atoms with van der Waals surface area (Å²) in [6.07, 6.45) is 3.04. The summed E-state index contributed by atoms with van der Waals surface area (Å²) in [6, 6.07) is 15.7. The molecule has 2 aromatic rings. The molecule has 0 aliphatic rings. The van der Waals surface area contributed by atoms with E-state index >= 15 is 0 Å². The number of hydrogen-bond acceptors (Lipinski definition) is 4. The van der Waals surface area contributed by atoms with Crippen LogP contribution in [0.2, 0.25) is 0 Å². The number of aliphatic imine (C=N–C) groups is 2. The van der Waals surface area contributed by atoms with Crippen LogP contribution in [0, 0.1) is 0 Å². The monoisotopic (exact) mass is 264 g/mol. The minimum atomic E-state index is 0.230. The molecule has 4 heteroatoms. The van der Waals surface area contributed by atoms with Crippen LogP contribution in [-0.2, 0) is 22.7 Å². The molecule has 0 saturated heterocycles. The fraction of sp³-hybridized carbons (Fsp3) is 0.125. The Hall–Kier alpha value is -2.80. The summed E-state index contributed by atoms with van der Waals surface area (Å²) < 4.78 is 0. The Morgan fingerprint density at radius 2 is 1.40 bits per heavy atom. The minimum absolute atomic E-state index is 0.230. The summed E-state index contributed by atoms with van der Waals surface area (Å²) >= 11 is 0. The first-order chi connectivity index (χ1) is 9.85. The number of hydrogen-bond donors (Lipinski definition) is 0. The highest BCUT2D eigenvalue weighted by Crippen LogP contribution is 2.23. The van der Waals surface area contributed by atoms with Gasteiger partial charge in [-0.15, -0.1) is 0 Å². The predicted molar refractivity (Wildman–Crippen MR) is 75.5 cm³/mol. The van der Waals surface area contributed by atoms with Crippen LogP contribution >= 0.6 is 0 Å². The fourth-order valence-electron chi connectivity index (χ4n) is 1.97. The van der Waals surface area contributed by atoms with Gasteiger partial charge in [-0.05, 0) is 28.3 Å². The van der Waals surface area contributed by atoms with Gasteiger partial charge in [-0.3, -0.25) is 0 Å². The molecular weight excluding hydrogens is 252 g/mol. The van der Waals surface area contributed by atoms with Crippen molar-refractivity contribution in [3.05, 3.63) is 59.7 Å². The van der Waals surface area contributed by atoms with E-state index in [0.717, 1.165) is 22.3 Å². The first-order valence-corrected chi connectivity index (χ1v) is 6.09. The van der Waals surface area contributed by atoms with Crippen molar-refractivity contribution < 1.29 is 9.59 Å². The third kappa shape index (κ3) is 3.36. The third-order valence-corrected chi connectivity index (χ3v) is 2.94. The van der Waals surface area contributed by atoms with E-state index in [2.05, 4.69) is 9.98 Å². The van der Waals surface area contributed by atoms with E-state index in [1.807, 2.05) is 48.5 Å². The van der Waals surface area contributed by atoms with Crippen molar-refractivity contribution in [2.75, 3.05) is 0 Å². The molecule has 98 valence electrons. The lowest BCUT2D eigenvalue weighted by Gasteiger charge is -2.08. The van der Waals surface area contributed by atoms with E-state index in [0.29, 0.717) is 0 Å². The van der Waals surface area contributed by atoms with Crippen molar-refractivity contribution in [3.8, 4) is 11.1 Å². The molecule has 0 spiro atoms. The number of benzene rings is 2. The molecular formula is C16H12N2O2. The average Bonchev–Trinajstić information content (AvgIpc) is 2.52. The standard InChI is InChI=1S/C16H12N2O2/c19-11-17-9-15-7-6-14(8-16(15)10-18-12-20)13-4-2-1-3-5-13/h1-8H,9-10H2. The van der Waals surface area contributed by atoms with E-state index in [9.17, 15) is 9.59 Å². The normalized spacial score (nSPS) is 9.40. The van der Waals surface area contributed by atoms with Gasteiger partial charge < -0.3 is 0 Å². The van der Waals surface area contributed by atoms with Gasteiger partial charge in [0.1, 0.15) is 0 Å². The molecule has 2 aromatic carbocycles. The molecule has 20 heavy (non-hydrogen) atoms. The van der Waals surface area contributed by atoms with E-state index < -0.39 is 0 Å². The number of nitrogens with zero attached hydrogens (tertiary/aromatic N) is 2. The molecule has 2 rings (SSSR count). The summed E-state index contributed by atoms with van der Waals surface area (Å²) in [7, 11) is 0. The van der Waals surface area contributed by atoms with E-state index in [1.54, 1.807) is 0 Å². The molecule has 0 bridgehead atoms. The van der Waals surface area contributed by atoms with Crippen molar-refractivity contribution in [3.63, 3.8) is 0 Å². The van der Waals surface area contributed by atoms with Crippen LogP contribution in [0.1, 0.15) is 11.1 Å². The van der Waals surface area contributed by atoms with Crippen LogP contribution in [0.4, 0.5) is 0 Å². The number of isocyanates is 2. The predicted octanol–water partition coefficient (Wildman–Crippen LogP) is 3.03. The Balaban J connectivity index is 2.42. The molecule has 0 aliphatic carbocycles. The molecule has 0 saturated carbocycles. The lowest BCUT2D eigenvalue weighted by atomic mass is 9.99. The van der Waals surface area contributed by atoms with Crippen molar-refractivity contribution in [1.29, 1.82) is 0 Å². The third-order valence-electron chi connectivity index (χ3n) is 2.94. The first-order valence-electron chi connectivity index (χ1n) is 6.09. The van der Waals surface area contributed by atoms with Gasteiger partial charge in [0, 0.05) is 0 Å². The highest BCUT2D eigenvalue weighted by molar-refractivity contribution is 5.65. The van der Waals surface area contributed by atoms with Gasteiger partial charge in [-0.1, -0.05) is 42.5 Å². The number of carbonyl (C=O) groups excluding carboxylic acids is 2. The molecule has 4 nitrogen and oxygen atoms in total. The maximum absolute atomic E-state index is 10.3. The van der Waals surface area contributed by atoms with Crippen LogP contribution in [0.25, 0.3) is 11.1 Å². The lowest BCUT2D eigenvalue weighted by Crippen LogP contribution is -1.93. The zero-order valence-corrected chi connectivity index (χ0v) is 10.7. The van der Waals surface area contributed by atoms with Gasteiger partial charge in [0.25, 0.3) is 0 Å². The lowest BCUT2D eigenvalue weighted by molar-refractivity contribution is 0.561. The first kappa shape index (κ1) is 13.6. The smallest absolute Gasteiger partial charge is 0.211 e.